The third-order valence-corrected chi connectivity index (χ3v) is 5.49. The van der Waals surface area contributed by atoms with Gasteiger partial charge >= 0.3 is 0 Å². The van der Waals surface area contributed by atoms with E-state index in [2.05, 4.69) is 10.2 Å². The molecule has 2 N–H and O–H groups in total. The number of fused-ring (bicyclic) bond motifs is 1. The first-order chi connectivity index (χ1) is 15.3. The molecule has 1 unspecified atom stereocenters. The van der Waals surface area contributed by atoms with Crippen molar-refractivity contribution in [2.24, 2.45) is 0 Å². The van der Waals surface area contributed by atoms with Crippen molar-refractivity contribution < 1.29 is 14.6 Å². The van der Waals surface area contributed by atoms with E-state index in [1.54, 1.807) is 0 Å². The number of halogens is 1. The molecule has 3 aromatic rings. The van der Waals surface area contributed by atoms with Gasteiger partial charge < -0.3 is 19.9 Å². The Kier molecular flexibility index (Phi) is 9.71. The maximum atomic E-state index is 10.4. The molecule has 0 spiro atoms. The molecule has 32 heavy (non-hydrogen) atoms. The lowest BCUT2D eigenvalue weighted by molar-refractivity contribution is 0.0373. The fourth-order valence-corrected chi connectivity index (χ4v) is 3.79. The highest BCUT2D eigenvalue weighted by molar-refractivity contribution is 5.87. The van der Waals surface area contributed by atoms with Crippen LogP contribution >= 0.6 is 12.4 Å². The maximum absolute atomic E-state index is 10.4. The van der Waals surface area contributed by atoms with Crippen molar-refractivity contribution >= 4 is 23.3 Å². The summed E-state index contributed by atoms with van der Waals surface area (Å²) in [5.41, 5.74) is 2.79. The van der Waals surface area contributed by atoms with E-state index in [0.717, 1.165) is 73.7 Å². The Balaban J connectivity index is 0.00000289. The molecule has 6 nitrogen and oxygen atoms in total. The highest BCUT2D eigenvalue weighted by Crippen LogP contribution is 2.30. The molecule has 1 aliphatic rings. The van der Waals surface area contributed by atoms with E-state index in [4.69, 9.17) is 14.5 Å². The van der Waals surface area contributed by atoms with Crippen molar-refractivity contribution in [3.8, 4) is 17.0 Å². The molecule has 172 valence electrons. The molecule has 0 aliphatic carbocycles. The molecule has 0 amide bonds. The molecular weight excluding hydrogens is 426 g/mol. The fraction of sp³-hybridized carbons (Fsp3) is 0.400. The summed E-state index contributed by atoms with van der Waals surface area (Å²) < 4.78 is 11.4. The Hall–Kier alpha value is -2.22. The quantitative estimate of drug-likeness (QED) is 0.455. The standard InChI is InChI=1S/C25H31N3O3.ClH/c29-21(18-26-11-6-12-28-13-15-30-16-14-28)19-31-25-17-24(20-7-2-1-3-8-20)27-23-10-5-4-9-22(23)25;/h1-5,7-10,17,21,26,29H,6,11-16,18-19H2;1H. The number of aliphatic hydroxyl groups excluding tert-OH is 1. The number of nitrogens with zero attached hydrogens (tertiary/aromatic N) is 2. The fourth-order valence-electron chi connectivity index (χ4n) is 3.79. The maximum Gasteiger partial charge on any atom is 0.131 e. The second-order valence-corrected chi connectivity index (χ2v) is 7.87. The topological polar surface area (TPSA) is 66.9 Å². The molecule has 1 aliphatic heterocycles. The van der Waals surface area contributed by atoms with Crippen molar-refractivity contribution in [3.63, 3.8) is 0 Å². The molecule has 4 rings (SSSR count). The van der Waals surface area contributed by atoms with Crippen LogP contribution in [0.25, 0.3) is 22.2 Å². The number of aromatic nitrogens is 1. The summed E-state index contributed by atoms with van der Waals surface area (Å²) in [7, 11) is 0. The molecule has 1 saturated heterocycles. The first-order valence-corrected chi connectivity index (χ1v) is 11.1. The second kappa shape index (κ2) is 12.7. The zero-order chi connectivity index (χ0) is 21.3. The van der Waals surface area contributed by atoms with Gasteiger partial charge in [0.2, 0.25) is 0 Å². The van der Waals surface area contributed by atoms with Crippen molar-refractivity contribution in [3.05, 3.63) is 60.7 Å². The zero-order valence-electron chi connectivity index (χ0n) is 18.3. The van der Waals surface area contributed by atoms with Crippen LogP contribution in [0.1, 0.15) is 6.42 Å². The van der Waals surface area contributed by atoms with E-state index in [0.29, 0.717) is 6.54 Å². The lowest BCUT2D eigenvalue weighted by Gasteiger charge is -2.26. The average Bonchev–Trinajstić information content (AvgIpc) is 2.83. The SMILES string of the molecule is Cl.OC(CNCCCN1CCOCC1)COc1cc(-c2ccccc2)nc2ccccc12. The number of hydrogen-bond donors (Lipinski definition) is 2. The van der Waals surface area contributed by atoms with Crippen LogP contribution in [0.3, 0.4) is 0 Å². The van der Waals surface area contributed by atoms with Crippen LogP contribution in [0.5, 0.6) is 5.75 Å². The van der Waals surface area contributed by atoms with Gasteiger partial charge in [-0.15, -0.1) is 12.4 Å². The van der Waals surface area contributed by atoms with Crippen LogP contribution in [0.2, 0.25) is 0 Å². The molecule has 7 heteroatoms. The van der Waals surface area contributed by atoms with E-state index in [1.165, 1.54) is 0 Å². The predicted octanol–water partition coefficient (Wildman–Crippen LogP) is 3.38. The Labute approximate surface area is 196 Å². The summed E-state index contributed by atoms with van der Waals surface area (Å²) >= 11 is 0. The van der Waals surface area contributed by atoms with Crippen LogP contribution < -0.4 is 10.1 Å². The molecular formula is C25H32ClN3O3. The van der Waals surface area contributed by atoms with Crippen LogP contribution in [0.15, 0.2) is 60.7 Å². The van der Waals surface area contributed by atoms with Crippen LogP contribution in [0.4, 0.5) is 0 Å². The van der Waals surface area contributed by atoms with Crippen LogP contribution in [0, 0.1) is 0 Å². The third-order valence-electron chi connectivity index (χ3n) is 5.49. The highest BCUT2D eigenvalue weighted by Gasteiger charge is 2.12. The number of hydrogen-bond acceptors (Lipinski definition) is 6. The predicted molar refractivity (Wildman–Crippen MR) is 131 cm³/mol. The minimum Gasteiger partial charge on any atom is -0.490 e. The van der Waals surface area contributed by atoms with E-state index < -0.39 is 6.10 Å². The molecule has 2 aromatic carbocycles. The first kappa shape index (κ1) is 24.4. The van der Waals surface area contributed by atoms with Crippen molar-refractivity contribution in [2.75, 3.05) is 52.5 Å². The minimum atomic E-state index is -0.574. The molecule has 1 atom stereocenters. The van der Waals surface area contributed by atoms with Gasteiger partial charge in [0, 0.05) is 36.7 Å². The Morgan fingerprint density at radius 1 is 1.06 bits per heavy atom. The van der Waals surface area contributed by atoms with Gasteiger partial charge in [-0.1, -0.05) is 42.5 Å². The number of morpholine rings is 1. The monoisotopic (exact) mass is 457 g/mol. The van der Waals surface area contributed by atoms with Gasteiger partial charge in [0.25, 0.3) is 0 Å². The largest absolute Gasteiger partial charge is 0.490 e. The minimum absolute atomic E-state index is 0. The lowest BCUT2D eigenvalue weighted by Crippen LogP contribution is -2.38. The molecule has 0 radical (unpaired) electrons. The Bertz CT molecular complexity index is 952. The summed E-state index contributed by atoms with van der Waals surface area (Å²) in [6.07, 6.45) is 0.485. The number of aliphatic hydroxyl groups is 1. The van der Waals surface area contributed by atoms with Gasteiger partial charge in [-0.05, 0) is 31.6 Å². The van der Waals surface area contributed by atoms with Gasteiger partial charge in [0.05, 0.1) is 24.4 Å². The number of rotatable bonds is 10. The number of para-hydroxylation sites is 1. The van der Waals surface area contributed by atoms with Gasteiger partial charge in [0.15, 0.2) is 0 Å². The van der Waals surface area contributed by atoms with Crippen molar-refractivity contribution in [2.45, 2.75) is 12.5 Å². The van der Waals surface area contributed by atoms with Crippen molar-refractivity contribution in [1.82, 2.24) is 15.2 Å². The Morgan fingerprint density at radius 3 is 2.62 bits per heavy atom. The van der Waals surface area contributed by atoms with Gasteiger partial charge in [-0.2, -0.15) is 0 Å². The van der Waals surface area contributed by atoms with Gasteiger partial charge in [0.1, 0.15) is 18.5 Å². The normalized spacial score (nSPS) is 15.3. The molecule has 1 aromatic heterocycles. The summed E-state index contributed by atoms with van der Waals surface area (Å²) in [6.45, 7) is 6.39. The van der Waals surface area contributed by atoms with E-state index >= 15 is 0 Å². The van der Waals surface area contributed by atoms with Crippen LogP contribution in [-0.2, 0) is 4.74 Å². The summed E-state index contributed by atoms with van der Waals surface area (Å²) in [5.74, 6) is 0.746. The van der Waals surface area contributed by atoms with E-state index in [9.17, 15) is 5.11 Å². The number of nitrogens with one attached hydrogen (secondary N) is 1. The number of ether oxygens (including phenoxy) is 2. The summed E-state index contributed by atoms with van der Waals surface area (Å²) in [6, 6.07) is 20.0. The average molecular weight is 458 g/mol. The summed E-state index contributed by atoms with van der Waals surface area (Å²) in [5, 5.41) is 14.7. The highest BCUT2D eigenvalue weighted by atomic mass is 35.5. The molecule has 1 fully saturated rings. The molecule has 0 saturated carbocycles. The van der Waals surface area contributed by atoms with Gasteiger partial charge in [-0.25, -0.2) is 4.98 Å². The number of pyridine rings is 1. The van der Waals surface area contributed by atoms with Crippen molar-refractivity contribution in [1.29, 1.82) is 0 Å². The van der Waals surface area contributed by atoms with E-state index in [1.807, 2.05) is 60.7 Å². The Morgan fingerprint density at radius 2 is 1.81 bits per heavy atom. The van der Waals surface area contributed by atoms with Gasteiger partial charge in [-0.3, -0.25) is 4.90 Å². The summed E-state index contributed by atoms with van der Waals surface area (Å²) in [4.78, 5) is 7.20. The first-order valence-electron chi connectivity index (χ1n) is 11.1. The number of benzene rings is 2. The van der Waals surface area contributed by atoms with E-state index in [-0.39, 0.29) is 19.0 Å². The smallest absolute Gasteiger partial charge is 0.131 e. The lowest BCUT2D eigenvalue weighted by atomic mass is 10.1. The molecule has 0 bridgehead atoms. The molecule has 2 heterocycles. The zero-order valence-corrected chi connectivity index (χ0v) is 19.1. The third kappa shape index (κ3) is 6.89. The van der Waals surface area contributed by atoms with Crippen LogP contribution in [-0.4, -0.2) is 73.6 Å². The second-order valence-electron chi connectivity index (χ2n) is 7.87.